The molecule has 20 heavy (non-hydrogen) atoms. The number of aromatic nitrogens is 4. The predicted octanol–water partition coefficient (Wildman–Crippen LogP) is 0.221. The van der Waals surface area contributed by atoms with Crippen molar-refractivity contribution < 1.29 is 14.2 Å². The third kappa shape index (κ3) is 1.79. The maximum Gasteiger partial charge on any atom is 0.312 e. The van der Waals surface area contributed by atoms with Gasteiger partial charge in [-0.15, -0.1) is 6.42 Å². The Labute approximate surface area is 113 Å². The number of imidazole rings is 1. The Balaban J connectivity index is 2.03. The van der Waals surface area contributed by atoms with E-state index in [-0.39, 0.29) is 18.1 Å². The lowest BCUT2D eigenvalue weighted by Crippen LogP contribution is -2.31. The van der Waals surface area contributed by atoms with Crippen molar-refractivity contribution in [2.24, 2.45) is 0 Å². The quantitative estimate of drug-likeness (QED) is 0.602. The van der Waals surface area contributed by atoms with Crippen LogP contribution in [0.1, 0.15) is 19.1 Å². The van der Waals surface area contributed by atoms with E-state index in [1.165, 1.54) is 6.33 Å². The van der Waals surface area contributed by atoms with E-state index < -0.39 is 17.9 Å². The fraction of sp³-hybridized carbons (Fsp3) is 0.417. The molecular weight excluding hydrogens is 265 g/mol. The molecular formula is C12H12FN5O2. The normalized spacial score (nSPS) is 25.9. The van der Waals surface area contributed by atoms with Crippen LogP contribution in [0.2, 0.25) is 0 Å². The molecule has 1 fully saturated rings. The number of nitrogen functional groups attached to an aromatic ring is 1. The van der Waals surface area contributed by atoms with E-state index in [2.05, 4.69) is 20.9 Å². The Hall–Kier alpha value is -2.24. The summed E-state index contributed by atoms with van der Waals surface area (Å²) in [5.41, 5.74) is 5.12. The summed E-state index contributed by atoms with van der Waals surface area (Å²) in [6.07, 6.45) is 6.48. The number of halogens is 1. The number of nitrogens with zero attached hydrogens (tertiary/aromatic N) is 4. The topological polar surface area (TPSA) is 99.1 Å². The average Bonchev–Trinajstić information content (AvgIpc) is 3.02. The zero-order valence-electron chi connectivity index (χ0n) is 10.5. The third-order valence-electron chi connectivity index (χ3n) is 3.41. The molecule has 0 aromatic carbocycles. The number of aliphatic hydroxyl groups excluding tert-OH is 1. The van der Waals surface area contributed by atoms with Crippen LogP contribution < -0.4 is 5.73 Å². The van der Waals surface area contributed by atoms with E-state index in [1.807, 2.05) is 0 Å². The van der Waals surface area contributed by atoms with Gasteiger partial charge in [0.15, 0.2) is 22.6 Å². The number of aliphatic hydroxyl groups is 1. The smallest absolute Gasteiger partial charge is 0.312 e. The van der Waals surface area contributed by atoms with Crippen molar-refractivity contribution in [2.45, 2.75) is 24.7 Å². The molecule has 3 N–H and O–H groups in total. The van der Waals surface area contributed by atoms with Crippen LogP contribution in [-0.4, -0.2) is 36.8 Å². The van der Waals surface area contributed by atoms with E-state index >= 15 is 0 Å². The largest absolute Gasteiger partial charge is 0.392 e. The number of hydrogen-bond acceptors (Lipinski definition) is 6. The first-order chi connectivity index (χ1) is 9.58. The summed E-state index contributed by atoms with van der Waals surface area (Å²) < 4.78 is 20.5. The van der Waals surface area contributed by atoms with Gasteiger partial charge in [0.05, 0.1) is 12.9 Å². The molecule has 0 radical (unpaired) electrons. The van der Waals surface area contributed by atoms with Crippen molar-refractivity contribution in [1.82, 2.24) is 19.5 Å². The van der Waals surface area contributed by atoms with Gasteiger partial charge in [0.1, 0.15) is 6.23 Å². The Morgan fingerprint density at radius 1 is 1.65 bits per heavy atom. The molecule has 3 heterocycles. The van der Waals surface area contributed by atoms with Crippen molar-refractivity contribution >= 4 is 17.0 Å². The number of anilines is 1. The highest BCUT2D eigenvalue weighted by Crippen LogP contribution is 2.37. The SMILES string of the molecule is C#CC1(CO)CC[C@@H](n2cnc3c(N)nc(F)nc32)O1. The van der Waals surface area contributed by atoms with Crippen LogP contribution in [0.25, 0.3) is 11.2 Å². The summed E-state index contributed by atoms with van der Waals surface area (Å²) in [6.45, 7) is -0.280. The zero-order chi connectivity index (χ0) is 14.3. The van der Waals surface area contributed by atoms with Crippen molar-refractivity contribution in [1.29, 1.82) is 0 Å². The highest BCUT2D eigenvalue weighted by atomic mass is 19.1. The van der Waals surface area contributed by atoms with Crippen LogP contribution in [-0.2, 0) is 4.74 Å². The minimum Gasteiger partial charge on any atom is -0.392 e. The minimum absolute atomic E-state index is 0.0328. The van der Waals surface area contributed by atoms with Gasteiger partial charge in [0.25, 0.3) is 0 Å². The molecule has 0 saturated carbocycles. The fourth-order valence-corrected chi connectivity index (χ4v) is 2.32. The van der Waals surface area contributed by atoms with Crippen molar-refractivity contribution in [2.75, 3.05) is 12.3 Å². The van der Waals surface area contributed by atoms with Crippen molar-refractivity contribution in [3.8, 4) is 12.3 Å². The standard InChI is InChI=1S/C12H12FN5O2/c1-2-12(5-19)4-3-7(20-12)18-6-15-8-9(14)16-11(13)17-10(8)18/h1,6-7,19H,3-5H2,(H2,14,16,17)/t7-,12?/m0/s1. The van der Waals surface area contributed by atoms with E-state index in [0.717, 1.165) is 0 Å². The molecule has 1 aliphatic heterocycles. The second-order valence-electron chi connectivity index (χ2n) is 4.61. The summed E-state index contributed by atoms with van der Waals surface area (Å²) in [6, 6.07) is 0. The van der Waals surface area contributed by atoms with Crippen molar-refractivity contribution in [3.05, 3.63) is 12.4 Å². The Bertz CT molecular complexity index is 710. The van der Waals surface area contributed by atoms with Crippen LogP contribution in [0.5, 0.6) is 0 Å². The highest BCUT2D eigenvalue weighted by molar-refractivity contribution is 5.81. The summed E-state index contributed by atoms with van der Waals surface area (Å²) in [7, 11) is 0. The van der Waals surface area contributed by atoms with Crippen LogP contribution >= 0.6 is 0 Å². The molecule has 0 amide bonds. The summed E-state index contributed by atoms with van der Waals surface area (Å²) in [5.74, 6) is 2.42. The van der Waals surface area contributed by atoms with Crippen molar-refractivity contribution in [3.63, 3.8) is 0 Å². The molecule has 1 aliphatic rings. The number of fused-ring (bicyclic) bond motifs is 1. The number of rotatable bonds is 2. The average molecular weight is 277 g/mol. The first kappa shape index (κ1) is 12.8. The van der Waals surface area contributed by atoms with E-state index in [9.17, 15) is 9.50 Å². The monoisotopic (exact) mass is 277 g/mol. The van der Waals surface area contributed by atoms with Gasteiger partial charge in [-0.3, -0.25) is 4.57 Å². The molecule has 1 saturated heterocycles. The molecule has 2 aromatic heterocycles. The summed E-state index contributed by atoms with van der Waals surface area (Å²) in [5, 5.41) is 9.34. The Morgan fingerprint density at radius 2 is 2.45 bits per heavy atom. The number of nitrogens with two attached hydrogens (primary N) is 1. The molecule has 0 aliphatic carbocycles. The third-order valence-corrected chi connectivity index (χ3v) is 3.41. The molecule has 2 aromatic rings. The van der Waals surface area contributed by atoms with E-state index in [4.69, 9.17) is 16.9 Å². The maximum absolute atomic E-state index is 13.3. The number of terminal acetylenes is 1. The number of ether oxygens (including phenoxy) is 1. The van der Waals surface area contributed by atoms with Gasteiger partial charge in [0, 0.05) is 0 Å². The first-order valence-electron chi connectivity index (χ1n) is 6.00. The van der Waals surface area contributed by atoms with Crippen LogP contribution in [0.3, 0.4) is 0 Å². The van der Waals surface area contributed by atoms with Gasteiger partial charge in [-0.1, -0.05) is 5.92 Å². The number of hydrogen-bond donors (Lipinski definition) is 2. The Morgan fingerprint density at radius 3 is 3.10 bits per heavy atom. The highest BCUT2D eigenvalue weighted by Gasteiger charge is 2.39. The van der Waals surface area contributed by atoms with Crippen LogP contribution in [0.15, 0.2) is 6.33 Å². The van der Waals surface area contributed by atoms with Gasteiger partial charge in [0.2, 0.25) is 0 Å². The zero-order valence-corrected chi connectivity index (χ0v) is 10.5. The second-order valence-corrected chi connectivity index (χ2v) is 4.61. The Kier molecular flexibility index (Phi) is 2.81. The van der Waals surface area contributed by atoms with Gasteiger partial charge in [-0.2, -0.15) is 14.4 Å². The lowest BCUT2D eigenvalue weighted by Gasteiger charge is -2.21. The first-order valence-corrected chi connectivity index (χ1v) is 6.00. The molecule has 0 spiro atoms. The van der Waals surface area contributed by atoms with Crippen LogP contribution in [0.4, 0.5) is 10.2 Å². The van der Waals surface area contributed by atoms with Crippen LogP contribution in [0, 0.1) is 18.4 Å². The maximum atomic E-state index is 13.3. The van der Waals surface area contributed by atoms with E-state index in [0.29, 0.717) is 18.4 Å². The lowest BCUT2D eigenvalue weighted by molar-refractivity contribution is -0.0618. The van der Waals surface area contributed by atoms with Gasteiger partial charge in [-0.25, -0.2) is 4.98 Å². The fourth-order valence-electron chi connectivity index (χ4n) is 2.32. The molecule has 2 atom stereocenters. The minimum atomic E-state index is -1.02. The second kappa shape index (κ2) is 4.40. The molecule has 0 bridgehead atoms. The molecule has 3 rings (SSSR count). The van der Waals surface area contributed by atoms with E-state index in [1.54, 1.807) is 4.57 Å². The van der Waals surface area contributed by atoms with Gasteiger partial charge in [-0.05, 0) is 12.8 Å². The molecule has 8 heteroatoms. The van der Waals surface area contributed by atoms with Gasteiger partial charge < -0.3 is 15.6 Å². The molecule has 7 nitrogen and oxygen atoms in total. The lowest BCUT2D eigenvalue weighted by atomic mass is 10.0. The van der Waals surface area contributed by atoms with Gasteiger partial charge >= 0.3 is 6.08 Å². The molecule has 1 unspecified atom stereocenters. The summed E-state index contributed by atoms with van der Waals surface area (Å²) >= 11 is 0. The molecule has 104 valence electrons. The predicted molar refractivity (Wildman–Crippen MR) is 67.7 cm³/mol. The summed E-state index contributed by atoms with van der Waals surface area (Å²) in [4.78, 5) is 11.2.